The average Bonchev–Trinajstić information content (AvgIpc) is 3.12. The van der Waals surface area contributed by atoms with Gasteiger partial charge >= 0.3 is 0 Å². The Labute approximate surface area is 175 Å². The minimum Gasteiger partial charge on any atom is -0.291 e. The van der Waals surface area contributed by atoms with E-state index in [2.05, 4.69) is 64.9 Å². The monoisotopic (exact) mass is 409 g/mol. The van der Waals surface area contributed by atoms with E-state index in [0.717, 1.165) is 59.0 Å². The third-order valence-corrected chi connectivity index (χ3v) is 6.02. The number of hydrogen-bond donors (Lipinski definition) is 1. The van der Waals surface area contributed by atoms with Crippen molar-refractivity contribution < 1.29 is 0 Å². The summed E-state index contributed by atoms with van der Waals surface area (Å²) in [6.07, 6.45) is 6.66. The molecular formula is C23H24ClN3S. The second-order valence-electron chi connectivity index (χ2n) is 6.91. The van der Waals surface area contributed by atoms with Crippen LogP contribution in [0.2, 0.25) is 5.02 Å². The number of allylic oxidation sites excluding steroid dienone is 1. The van der Waals surface area contributed by atoms with E-state index in [9.17, 15) is 0 Å². The van der Waals surface area contributed by atoms with Crippen LogP contribution in [0.5, 0.6) is 0 Å². The van der Waals surface area contributed by atoms with Crippen molar-refractivity contribution in [2.24, 2.45) is 4.99 Å². The molecule has 0 saturated carbocycles. The molecule has 3 nitrogen and oxygen atoms in total. The zero-order valence-corrected chi connectivity index (χ0v) is 17.6. The number of aromatic nitrogens is 1. The van der Waals surface area contributed by atoms with Crippen LogP contribution in [0, 0.1) is 0 Å². The Morgan fingerprint density at radius 3 is 2.79 bits per heavy atom. The second-order valence-corrected chi connectivity index (χ2v) is 8.18. The molecule has 0 radical (unpaired) electrons. The van der Waals surface area contributed by atoms with Crippen LogP contribution in [0.4, 0.5) is 0 Å². The smallest absolute Gasteiger partial charge is 0.204 e. The molecule has 1 aliphatic carbocycles. The van der Waals surface area contributed by atoms with Crippen molar-refractivity contribution in [3.05, 3.63) is 80.9 Å². The van der Waals surface area contributed by atoms with E-state index in [-0.39, 0.29) is 0 Å². The van der Waals surface area contributed by atoms with Crippen LogP contribution >= 0.6 is 22.9 Å². The minimum atomic E-state index is 0.746. The molecule has 1 aromatic heterocycles. The van der Waals surface area contributed by atoms with Gasteiger partial charge in [-0.05, 0) is 37.0 Å². The maximum absolute atomic E-state index is 6.09. The van der Waals surface area contributed by atoms with Gasteiger partial charge in [-0.15, -0.1) is 11.3 Å². The summed E-state index contributed by atoms with van der Waals surface area (Å²) >= 11 is 7.76. The topological polar surface area (TPSA) is 29.3 Å². The van der Waals surface area contributed by atoms with Crippen molar-refractivity contribution in [3.8, 4) is 11.3 Å². The number of fused-ring (bicyclic) bond motifs is 1. The zero-order chi connectivity index (χ0) is 19.3. The Kier molecular flexibility index (Phi) is 5.98. The van der Waals surface area contributed by atoms with Crippen molar-refractivity contribution >= 4 is 28.6 Å². The van der Waals surface area contributed by atoms with E-state index in [0.29, 0.717) is 0 Å². The Morgan fingerprint density at radius 1 is 1.14 bits per heavy atom. The first-order valence-corrected chi connectivity index (χ1v) is 11.0. The molecule has 0 spiro atoms. The van der Waals surface area contributed by atoms with Crippen molar-refractivity contribution in [1.82, 2.24) is 4.68 Å². The Morgan fingerprint density at radius 2 is 1.96 bits per heavy atom. The number of unbranched alkanes of at least 4 members (excludes halogenated alkanes) is 1. The first kappa shape index (κ1) is 19.0. The summed E-state index contributed by atoms with van der Waals surface area (Å²) in [5, 5.41) is 2.91. The van der Waals surface area contributed by atoms with Gasteiger partial charge in [0, 0.05) is 28.1 Å². The zero-order valence-electron chi connectivity index (χ0n) is 16.0. The highest BCUT2D eigenvalue weighted by atomic mass is 35.5. The lowest BCUT2D eigenvalue weighted by molar-refractivity contribution is 0.776. The number of thiazole rings is 1. The Balaban J connectivity index is 1.75. The van der Waals surface area contributed by atoms with Gasteiger partial charge in [0.25, 0.3) is 0 Å². The summed E-state index contributed by atoms with van der Waals surface area (Å²) in [4.78, 5) is 5.84. The number of nitrogens with one attached hydrogen (secondary N) is 1. The van der Waals surface area contributed by atoms with Crippen LogP contribution in [0.3, 0.4) is 0 Å². The van der Waals surface area contributed by atoms with E-state index < -0.39 is 0 Å². The van der Waals surface area contributed by atoms with E-state index >= 15 is 0 Å². The Hall–Kier alpha value is -2.30. The van der Waals surface area contributed by atoms with Crippen LogP contribution in [0.15, 0.2) is 65.0 Å². The quantitative estimate of drug-likeness (QED) is 0.489. The summed E-state index contributed by atoms with van der Waals surface area (Å²) in [6, 6.07) is 16.6. The van der Waals surface area contributed by atoms with Crippen molar-refractivity contribution in [2.75, 3.05) is 12.0 Å². The van der Waals surface area contributed by atoms with Gasteiger partial charge in [-0.1, -0.05) is 67.4 Å². The van der Waals surface area contributed by atoms with E-state index in [1.807, 2.05) is 12.1 Å². The van der Waals surface area contributed by atoms with Crippen molar-refractivity contribution in [1.29, 1.82) is 0 Å². The normalized spacial score (nSPS) is 13.9. The van der Waals surface area contributed by atoms with E-state index in [1.54, 1.807) is 11.3 Å². The van der Waals surface area contributed by atoms with Crippen LogP contribution in [-0.2, 0) is 6.42 Å². The lowest BCUT2D eigenvalue weighted by Crippen LogP contribution is -2.27. The van der Waals surface area contributed by atoms with Crippen molar-refractivity contribution in [3.63, 3.8) is 0 Å². The molecular weight excluding hydrogens is 386 g/mol. The van der Waals surface area contributed by atoms with Gasteiger partial charge in [0.1, 0.15) is 0 Å². The maximum Gasteiger partial charge on any atom is 0.204 e. The molecule has 0 unspecified atom stereocenters. The van der Waals surface area contributed by atoms with Crippen LogP contribution in [0.25, 0.3) is 17.0 Å². The molecule has 1 N–H and O–H groups in total. The summed E-state index contributed by atoms with van der Waals surface area (Å²) in [6.45, 7) is 3.04. The summed E-state index contributed by atoms with van der Waals surface area (Å²) in [7, 11) is 0. The number of nitrogens with zero attached hydrogens (tertiary/aromatic N) is 2. The van der Waals surface area contributed by atoms with Gasteiger partial charge in [-0.3, -0.25) is 10.4 Å². The SMILES string of the molecule is CCCCN=c1scc(-c2ccc(Cl)cc2)n1NC1=CCCc2ccccc21. The third-order valence-electron chi connectivity index (χ3n) is 4.91. The lowest BCUT2D eigenvalue weighted by atomic mass is 9.95. The Bertz CT molecular complexity index is 1040. The molecule has 0 saturated heterocycles. The average molecular weight is 410 g/mol. The maximum atomic E-state index is 6.09. The molecule has 3 aromatic rings. The predicted molar refractivity (Wildman–Crippen MR) is 120 cm³/mol. The largest absolute Gasteiger partial charge is 0.291 e. The molecule has 0 bridgehead atoms. The molecule has 4 rings (SSSR count). The van der Waals surface area contributed by atoms with Gasteiger partial charge in [0.15, 0.2) is 0 Å². The molecule has 1 heterocycles. The summed E-state index contributed by atoms with van der Waals surface area (Å²) < 4.78 is 2.12. The molecule has 1 aliphatic rings. The second kappa shape index (κ2) is 8.80. The highest BCUT2D eigenvalue weighted by Gasteiger charge is 2.15. The minimum absolute atomic E-state index is 0.746. The summed E-state index contributed by atoms with van der Waals surface area (Å²) in [5.74, 6) is 0. The van der Waals surface area contributed by atoms with Gasteiger partial charge < -0.3 is 0 Å². The highest BCUT2D eigenvalue weighted by molar-refractivity contribution is 7.07. The van der Waals surface area contributed by atoms with E-state index in [1.165, 1.54) is 11.1 Å². The molecule has 0 amide bonds. The van der Waals surface area contributed by atoms with Gasteiger partial charge in [0.2, 0.25) is 4.80 Å². The highest BCUT2D eigenvalue weighted by Crippen LogP contribution is 2.27. The first-order valence-electron chi connectivity index (χ1n) is 9.78. The number of aryl methyl sites for hydroxylation is 1. The molecule has 28 heavy (non-hydrogen) atoms. The van der Waals surface area contributed by atoms with Crippen LogP contribution < -0.4 is 10.2 Å². The number of halogens is 1. The van der Waals surface area contributed by atoms with E-state index in [4.69, 9.17) is 16.6 Å². The van der Waals surface area contributed by atoms with Gasteiger partial charge in [-0.2, -0.15) is 0 Å². The first-order chi connectivity index (χ1) is 13.8. The lowest BCUT2D eigenvalue weighted by Gasteiger charge is -2.21. The molecule has 0 aliphatic heterocycles. The molecule has 144 valence electrons. The third kappa shape index (κ3) is 4.08. The fourth-order valence-corrected chi connectivity index (χ4v) is 4.39. The molecule has 0 fully saturated rings. The number of hydrogen-bond acceptors (Lipinski definition) is 3. The van der Waals surface area contributed by atoms with Gasteiger partial charge in [0.05, 0.1) is 11.4 Å². The van der Waals surface area contributed by atoms with Crippen LogP contribution in [0.1, 0.15) is 37.3 Å². The van der Waals surface area contributed by atoms with Crippen molar-refractivity contribution in [2.45, 2.75) is 32.6 Å². The molecule has 0 atom stereocenters. The number of benzene rings is 2. The summed E-state index contributed by atoms with van der Waals surface area (Å²) in [5.41, 5.74) is 9.68. The fourth-order valence-electron chi connectivity index (χ4n) is 3.39. The fraction of sp³-hybridized carbons (Fsp3) is 0.261. The van der Waals surface area contributed by atoms with Crippen LogP contribution in [-0.4, -0.2) is 11.2 Å². The molecule has 5 heteroatoms. The predicted octanol–water partition coefficient (Wildman–Crippen LogP) is 6.10. The number of rotatable bonds is 6. The van der Waals surface area contributed by atoms with Gasteiger partial charge in [-0.25, -0.2) is 4.68 Å². The molecule has 2 aromatic carbocycles. The standard InChI is InChI=1S/C23H24ClN3S/c1-2-3-15-25-23-27(22(16-28-23)18-11-13-19(24)14-12-18)26-21-10-6-8-17-7-4-5-9-20(17)21/h4-5,7,9-14,16,26H,2-3,6,8,15H2,1H3.